The number of nitrogens with two attached hydrogens (primary N) is 2. The molecule has 1 aliphatic heterocycles. The van der Waals surface area contributed by atoms with Crippen molar-refractivity contribution in [2.24, 2.45) is 16.5 Å². The molecule has 1 heterocycles. The number of thiol groups is 1. The van der Waals surface area contributed by atoms with Gasteiger partial charge in [0.15, 0.2) is 5.96 Å². The highest BCUT2D eigenvalue weighted by molar-refractivity contribution is 7.81. The van der Waals surface area contributed by atoms with Crippen molar-refractivity contribution in [2.75, 3.05) is 18.5 Å². The van der Waals surface area contributed by atoms with Crippen LogP contribution in [0.3, 0.4) is 0 Å². The highest BCUT2D eigenvalue weighted by atomic mass is 32.1. The Morgan fingerprint density at radius 3 is 2.41 bits per heavy atom. The zero-order valence-corrected chi connectivity index (χ0v) is 22.8. The van der Waals surface area contributed by atoms with Crippen molar-refractivity contribution in [3.63, 3.8) is 0 Å². The maximum Gasteiger partial charge on any atom is 0.491 e. The van der Waals surface area contributed by atoms with Crippen molar-refractivity contribution in [2.45, 2.75) is 36.9 Å². The van der Waals surface area contributed by atoms with Crippen LogP contribution in [-0.4, -0.2) is 65.7 Å². The van der Waals surface area contributed by atoms with Gasteiger partial charge in [-0.1, -0.05) is 42.2 Å². The number of carbonyl (C=O) groups excluding carboxylic acids is 4. The molecule has 0 bridgehead atoms. The van der Waals surface area contributed by atoms with E-state index in [0.717, 1.165) is 4.90 Å². The van der Waals surface area contributed by atoms with E-state index < -0.39 is 53.7 Å². The van der Waals surface area contributed by atoms with Crippen molar-refractivity contribution in [1.29, 1.82) is 0 Å². The summed E-state index contributed by atoms with van der Waals surface area (Å²) in [5.74, 6) is 0.169. The van der Waals surface area contributed by atoms with E-state index in [-0.39, 0.29) is 23.8 Å². The van der Waals surface area contributed by atoms with E-state index >= 15 is 0 Å². The number of hydrogen-bond acceptors (Lipinski definition) is 7. The second kappa shape index (κ2) is 12.8. The first-order chi connectivity index (χ1) is 19.2. The van der Waals surface area contributed by atoms with Gasteiger partial charge < -0.3 is 26.0 Å². The number of hydrogen-bond donors (Lipinski definition) is 3. The Morgan fingerprint density at radius 1 is 1.15 bits per heavy atom. The average molecular weight is 590 g/mol. The third-order valence-corrected chi connectivity index (χ3v) is 6.28. The van der Waals surface area contributed by atoms with Crippen LogP contribution in [0.1, 0.15) is 40.9 Å². The number of ether oxygens (including phenoxy) is 1. The van der Waals surface area contributed by atoms with Crippen LogP contribution in [0.2, 0.25) is 0 Å². The third kappa shape index (κ3) is 7.57. The summed E-state index contributed by atoms with van der Waals surface area (Å²) in [5, 5.41) is -0.528. The predicted molar refractivity (Wildman–Crippen MR) is 147 cm³/mol. The van der Waals surface area contributed by atoms with E-state index in [1.165, 1.54) is 31.0 Å². The summed E-state index contributed by atoms with van der Waals surface area (Å²) < 4.78 is 41.8. The lowest BCUT2D eigenvalue weighted by molar-refractivity contribution is -0.202. The Kier molecular flexibility index (Phi) is 9.67. The molecule has 2 amide bonds. The molecule has 0 aliphatic carbocycles. The first-order valence-electron chi connectivity index (χ1n) is 12.1. The molecular weight excluding hydrogens is 563 g/mol. The number of likely N-dealkylation sites (N-methyl/N-ethyl adjacent to an activating group) is 1. The smallest absolute Gasteiger partial charge is 0.386 e. The maximum atomic E-state index is 14.0. The Bertz CT molecular complexity index is 1430. The minimum atomic E-state index is -5.38. The van der Waals surface area contributed by atoms with Crippen molar-refractivity contribution < 1.29 is 37.1 Å². The molecule has 2 aromatic rings. The van der Waals surface area contributed by atoms with Gasteiger partial charge in [0.2, 0.25) is 0 Å². The van der Waals surface area contributed by atoms with Crippen LogP contribution in [-0.2, 0) is 19.1 Å². The van der Waals surface area contributed by atoms with E-state index in [9.17, 15) is 32.3 Å². The number of rotatable bonds is 6. The second-order valence-electron chi connectivity index (χ2n) is 9.02. The molecular formula is C27H26F3N5O5S. The lowest BCUT2D eigenvalue weighted by Gasteiger charge is -2.34. The SMILES string of the molecule is CC(CC(=O)OC(=O)C(F)(F)F)N1C(=O)c2cc(C#CC(S)CN=C(N)N)ccc2N(C)C(=O)C1c1ccccc1. The largest absolute Gasteiger partial charge is 0.491 e. The van der Waals surface area contributed by atoms with Crippen LogP contribution in [0.4, 0.5) is 18.9 Å². The van der Waals surface area contributed by atoms with E-state index in [0.29, 0.717) is 11.1 Å². The van der Waals surface area contributed by atoms with E-state index in [2.05, 4.69) is 34.2 Å². The van der Waals surface area contributed by atoms with Gasteiger partial charge >= 0.3 is 18.1 Å². The number of fused-ring (bicyclic) bond motifs is 1. The van der Waals surface area contributed by atoms with Crippen LogP contribution < -0.4 is 16.4 Å². The fourth-order valence-electron chi connectivity index (χ4n) is 4.09. The van der Waals surface area contributed by atoms with Crippen LogP contribution >= 0.6 is 12.6 Å². The average Bonchev–Trinajstić information content (AvgIpc) is 2.99. The zero-order valence-electron chi connectivity index (χ0n) is 21.9. The van der Waals surface area contributed by atoms with Crippen molar-refractivity contribution in [3.05, 3.63) is 65.2 Å². The van der Waals surface area contributed by atoms with E-state index in [1.807, 2.05) is 0 Å². The molecule has 216 valence electrons. The number of carbonyl (C=O) groups is 4. The first-order valence-corrected chi connectivity index (χ1v) is 12.6. The lowest BCUT2D eigenvalue weighted by Crippen LogP contribution is -2.46. The number of aliphatic imine (C=N–C) groups is 1. The topological polar surface area (TPSA) is 148 Å². The molecule has 1 aliphatic rings. The Hall–Kier alpha value is -4.51. The maximum absolute atomic E-state index is 14.0. The van der Waals surface area contributed by atoms with Crippen molar-refractivity contribution in [3.8, 4) is 11.8 Å². The monoisotopic (exact) mass is 589 g/mol. The van der Waals surface area contributed by atoms with Gasteiger partial charge in [-0.3, -0.25) is 19.4 Å². The number of benzene rings is 2. The van der Waals surface area contributed by atoms with Gasteiger partial charge in [-0.2, -0.15) is 25.8 Å². The molecule has 2 aromatic carbocycles. The molecule has 0 aromatic heterocycles. The highest BCUT2D eigenvalue weighted by Crippen LogP contribution is 2.36. The number of halogens is 3. The Balaban J connectivity index is 2.04. The number of esters is 2. The molecule has 4 N–H and O–H groups in total. The summed E-state index contributed by atoms with van der Waals surface area (Å²) >= 11 is 4.30. The van der Waals surface area contributed by atoms with Crippen LogP contribution in [0, 0.1) is 11.8 Å². The molecule has 0 radical (unpaired) electrons. The minimum Gasteiger partial charge on any atom is -0.386 e. The van der Waals surface area contributed by atoms with Crippen LogP contribution in [0.5, 0.6) is 0 Å². The number of anilines is 1. The molecule has 3 atom stereocenters. The number of alkyl halides is 3. The zero-order chi connectivity index (χ0) is 30.5. The molecule has 0 spiro atoms. The van der Waals surface area contributed by atoms with Gasteiger partial charge in [-0.05, 0) is 30.7 Å². The number of guanidine groups is 1. The van der Waals surface area contributed by atoms with Crippen molar-refractivity contribution in [1.82, 2.24) is 4.90 Å². The van der Waals surface area contributed by atoms with Crippen molar-refractivity contribution >= 4 is 48.0 Å². The normalized spacial score (nSPS) is 16.5. The standard InChI is InChI=1S/C27H26F3N5O5S/c1-15(12-21(36)40-25(39)27(28,29)30)35-22(17-6-4-3-5-7-17)24(38)34(2)20-11-9-16(13-19(20)23(35)37)8-10-18(41)14-33-26(31)32/h3-7,9,11,13,15,18,22,41H,12,14H2,1-2H3,(H4,31,32,33). The Morgan fingerprint density at radius 2 is 1.80 bits per heavy atom. The number of nitrogens with zero attached hydrogens (tertiary/aromatic N) is 3. The van der Waals surface area contributed by atoms with Gasteiger partial charge in [0, 0.05) is 18.7 Å². The van der Waals surface area contributed by atoms with Gasteiger partial charge in [0.05, 0.1) is 29.5 Å². The molecule has 14 heteroatoms. The lowest BCUT2D eigenvalue weighted by atomic mass is 10.0. The van der Waals surface area contributed by atoms with Crippen LogP contribution in [0.15, 0.2) is 53.5 Å². The summed E-state index contributed by atoms with van der Waals surface area (Å²) in [6.07, 6.45) is -6.18. The summed E-state index contributed by atoms with van der Waals surface area (Å²) in [4.78, 5) is 57.4. The molecule has 3 rings (SSSR count). The summed E-state index contributed by atoms with van der Waals surface area (Å²) in [6.45, 7) is 1.49. The van der Waals surface area contributed by atoms with Crippen LogP contribution in [0.25, 0.3) is 0 Å². The molecule has 0 fully saturated rings. The molecule has 10 nitrogen and oxygen atoms in total. The summed E-state index contributed by atoms with van der Waals surface area (Å²) in [7, 11) is 1.47. The first kappa shape index (κ1) is 31.0. The second-order valence-corrected chi connectivity index (χ2v) is 9.64. The van der Waals surface area contributed by atoms with Gasteiger partial charge in [0.25, 0.3) is 11.8 Å². The van der Waals surface area contributed by atoms with Gasteiger partial charge in [0.1, 0.15) is 6.04 Å². The Labute approximate surface area is 238 Å². The fourth-order valence-corrected chi connectivity index (χ4v) is 4.24. The molecule has 0 saturated carbocycles. The summed E-state index contributed by atoms with van der Waals surface area (Å²) in [5.41, 5.74) is 11.7. The molecule has 0 saturated heterocycles. The fraction of sp³-hybridized carbons (Fsp3) is 0.296. The minimum absolute atomic E-state index is 0.0533. The van der Waals surface area contributed by atoms with E-state index in [1.54, 1.807) is 36.4 Å². The summed E-state index contributed by atoms with van der Waals surface area (Å²) in [6, 6.07) is 10.4. The highest BCUT2D eigenvalue weighted by Gasteiger charge is 2.44. The third-order valence-electron chi connectivity index (χ3n) is 5.99. The quantitative estimate of drug-likeness (QED) is 0.117. The predicted octanol–water partition coefficient (Wildman–Crippen LogP) is 2.18. The van der Waals surface area contributed by atoms with Gasteiger partial charge in [-0.25, -0.2) is 4.79 Å². The van der Waals surface area contributed by atoms with Gasteiger partial charge in [-0.15, -0.1) is 0 Å². The molecule has 41 heavy (non-hydrogen) atoms. The molecule has 3 unspecified atom stereocenters. The number of amides is 2. The van der Waals surface area contributed by atoms with E-state index in [4.69, 9.17) is 11.5 Å².